The van der Waals surface area contributed by atoms with Crippen LogP contribution in [0, 0.1) is 17.8 Å². The van der Waals surface area contributed by atoms with Crippen molar-refractivity contribution in [2.75, 3.05) is 24.6 Å². The molecule has 2 aliphatic heterocycles. The Kier molecular flexibility index (Phi) is 7.85. The van der Waals surface area contributed by atoms with Gasteiger partial charge in [0.2, 0.25) is 0 Å². The maximum atomic E-state index is 14.2. The minimum atomic E-state index is -4.82. The Morgan fingerprint density at radius 1 is 1.11 bits per heavy atom. The van der Waals surface area contributed by atoms with Gasteiger partial charge in [-0.2, -0.15) is 18.2 Å². The summed E-state index contributed by atoms with van der Waals surface area (Å²) in [5, 5.41) is 11.6. The number of aromatic nitrogens is 1. The zero-order valence-electron chi connectivity index (χ0n) is 23.8. The minimum Gasteiger partial charge on any atom is -0.504 e. The first-order valence-electron chi connectivity index (χ1n) is 13.7. The van der Waals surface area contributed by atoms with Gasteiger partial charge in [0.05, 0.1) is 29.4 Å². The number of imide groups is 2. The number of pyridine rings is 1. The highest BCUT2D eigenvalue weighted by Crippen LogP contribution is 2.65. The van der Waals surface area contributed by atoms with Gasteiger partial charge >= 0.3 is 6.18 Å². The van der Waals surface area contributed by atoms with E-state index in [-0.39, 0.29) is 34.8 Å². The molecular weight excluding hydrogens is 744 g/mol. The Morgan fingerprint density at radius 3 is 2.43 bits per heavy atom. The summed E-state index contributed by atoms with van der Waals surface area (Å²) in [6.45, 7) is 0. The number of phenols is 1. The Labute approximate surface area is 283 Å². The zero-order valence-corrected chi connectivity index (χ0v) is 27.7. The number of methoxy groups -OCH3 is 1. The van der Waals surface area contributed by atoms with Gasteiger partial charge in [-0.3, -0.25) is 29.1 Å². The number of carbonyl (C=O) groups is 4. The number of aromatic hydroxyl groups is 1. The number of hydrogen-bond donors (Lipinski definition) is 1. The molecule has 2 aromatic rings. The Bertz CT molecular complexity index is 1750. The lowest BCUT2D eigenvalue weighted by Crippen LogP contribution is -2.60. The van der Waals surface area contributed by atoms with Crippen molar-refractivity contribution in [3.63, 3.8) is 0 Å². The number of ether oxygens (including phenoxy) is 1. The Hall–Kier alpha value is -3.07. The second-order valence-electron chi connectivity index (χ2n) is 11.4. The van der Waals surface area contributed by atoms with Gasteiger partial charge in [0, 0.05) is 13.0 Å². The van der Waals surface area contributed by atoms with E-state index in [0.29, 0.717) is 22.2 Å². The summed E-state index contributed by atoms with van der Waals surface area (Å²) in [5.74, 6) is -7.81. The second kappa shape index (κ2) is 11.0. The number of anilines is 1. The van der Waals surface area contributed by atoms with E-state index in [1.807, 2.05) is 0 Å². The van der Waals surface area contributed by atoms with E-state index in [1.54, 1.807) is 6.08 Å². The molecular formula is C29H23BrCl3F3N4O6. The van der Waals surface area contributed by atoms with Crippen LogP contribution in [0.25, 0.3) is 0 Å². The normalized spacial score (nSPS) is 30.7. The topological polar surface area (TPSA) is 120 Å². The summed E-state index contributed by atoms with van der Waals surface area (Å²) in [7, 11) is 2.52. The molecule has 17 heteroatoms. The molecule has 6 atom stereocenters. The van der Waals surface area contributed by atoms with Crippen LogP contribution in [0.15, 0.2) is 42.0 Å². The summed E-state index contributed by atoms with van der Waals surface area (Å²) in [6.07, 6.45) is -3.43. The van der Waals surface area contributed by atoms with Gasteiger partial charge in [0.15, 0.2) is 27.1 Å². The molecule has 244 valence electrons. The number of alkyl halides is 6. The quantitative estimate of drug-likeness (QED) is 0.190. The molecule has 1 aromatic carbocycles. The van der Waals surface area contributed by atoms with E-state index >= 15 is 0 Å². The van der Waals surface area contributed by atoms with Crippen molar-refractivity contribution in [3.8, 4) is 11.5 Å². The summed E-state index contributed by atoms with van der Waals surface area (Å²) >= 11 is 23.7. The standard InChI is InChI=1S/C29H23BrCl3F3N4O6/c1-38(22-16(31)6-8-19(37-22)29(34,35)36)40-23(42)14-5-4-13-15(20(14)24(40)43)10-27(32)25(44)39(11-30)26(45)28(27,33)21(13)12-3-7-17(41)18(9-12)46-2/h3-4,6-9,14-15,20-21,41H,5,10-11H2,1-2H3. The van der Waals surface area contributed by atoms with Crippen molar-refractivity contribution in [1.29, 1.82) is 0 Å². The number of hydrazine groups is 1. The molecule has 4 aliphatic rings. The number of carbonyl (C=O) groups excluding carboxylic acids is 4. The van der Waals surface area contributed by atoms with E-state index in [0.717, 1.165) is 16.0 Å². The van der Waals surface area contributed by atoms with E-state index in [9.17, 15) is 37.5 Å². The molecule has 2 saturated heterocycles. The first kappa shape index (κ1) is 32.9. The van der Waals surface area contributed by atoms with Gasteiger partial charge in [0.1, 0.15) is 5.69 Å². The predicted octanol–water partition coefficient (Wildman–Crippen LogP) is 5.23. The smallest absolute Gasteiger partial charge is 0.433 e. The lowest BCUT2D eigenvalue weighted by Gasteiger charge is -2.50. The zero-order chi connectivity index (χ0) is 33.7. The molecule has 1 N–H and O–H groups in total. The fraction of sp³-hybridized carbons (Fsp3) is 0.414. The molecule has 6 unspecified atom stereocenters. The van der Waals surface area contributed by atoms with E-state index in [1.165, 1.54) is 32.4 Å². The summed E-state index contributed by atoms with van der Waals surface area (Å²) < 4.78 is 45.7. The maximum Gasteiger partial charge on any atom is 0.433 e. The summed E-state index contributed by atoms with van der Waals surface area (Å²) in [4.78, 5) is 55.9. The van der Waals surface area contributed by atoms with Crippen LogP contribution >= 0.6 is 50.7 Å². The van der Waals surface area contributed by atoms with Gasteiger partial charge in [0.25, 0.3) is 23.6 Å². The molecule has 3 heterocycles. The van der Waals surface area contributed by atoms with Gasteiger partial charge < -0.3 is 9.84 Å². The summed E-state index contributed by atoms with van der Waals surface area (Å²) in [5.41, 5.74) is -0.663. The van der Waals surface area contributed by atoms with Crippen molar-refractivity contribution < 1.29 is 42.2 Å². The number of benzene rings is 1. The monoisotopic (exact) mass is 764 g/mol. The third-order valence-corrected chi connectivity index (χ3v) is 11.5. The Morgan fingerprint density at radius 2 is 1.80 bits per heavy atom. The van der Waals surface area contributed by atoms with E-state index in [2.05, 4.69) is 20.9 Å². The number of nitrogens with zero attached hydrogens (tertiary/aromatic N) is 4. The third kappa shape index (κ3) is 4.39. The van der Waals surface area contributed by atoms with Crippen LogP contribution in [0.3, 0.4) is 0 Å². The number of likely N-dealkylation sites (tertiary alicyclic amines) is 1. The maximum absolute atomic E-state index is 14.2. The molecule has 6 rings (SSSR count). The van der Waals surface area contributed by atoms with Crippen LogP contribution in [0.4, 0.5) is 19.0 Å². The molecule has 1 saturated carbocycles. The van der Waals surface area contributed by atoms with Crippen molar-refractivity contribution >= 4 is 80.2 Å². The average Bonchev–Trinajstić information content (AvgIpc) is 3.34. The highest BCUT2D eigenvalue weighted by Gasteiger charge is 2.76. The van der Waals surface area contributed by atoms with Crippen LogP contribution < -0.4 is 9.75 Å². The van der Waals surface area contributed by atoms with Gasteiger partial charge in [-0.05, 0) is 48.6 Å². The van der Waals surface area contributed by atoms with Crippen molar-refractivity contribution in [2.24, 2.45) is 17.8 Å². The molecule has 1 aromatic heterocycles. The number of rotatable bonds is 5. The molecule has 2 aliphatic carbocycles. The van der Waals surface area contributed by atoms with E-state index < -0.39 is 74.7 Å². The highest BCUT2D eigenvalue weighted by atomic mass is 79.9. The van der Waals surface area contributed by atoms with Crippen LogP contribution in [0.5, 0.6) is 11.5 Å². The van der Waals surface area contributed by atoms with Crippen LogP contribution in [0.2, 0.25) is 5.02 Å². The number of amides is 4. The summed E-state index contributed by atoms with van der Waals surface area (Å²) in [6, 6.07) is 5.92. The van der Waals surface area contributed by atoms with Gasteiger partial charge in [-0.25, -0.2) is 4.98 Å². The minimum absolute atomic E-state index is 0.00737. The number of halogens is 7. The second-order valence-corrected chi connectivity index (χ2v) is 13.6. The average molecular weight is 767 g/mol. The lowest BCUT2D eigenvalue weighted by atomic mass is 9.56. The highest BCUT2D eigenvalue weighted by molar-refractivity contribution is 9.09. The fourth-order valence-corrected chi connectivity index (χ4v) is 8.84. The lowest BCUT2D eigenvalue weighted by molar-refractivity contribution is -0.142. The van der Waals surface area contributed by atoms with Crippen LogP contribution in [-0.4, -0.2) is 73.0 Å². The first-order chi connectivity index (χ1) is 21.5. The molecule has 3 fully saturated rings. The molecule has 10 nitrogen and oxygen atoms in total. The third-order valence-electron chi connectivity index (χ3n) is 9.25. The first-order valence-corrected chi connectivity index (χ1v) is 16.0. The number of hydrogen-bond acceptors (Lipinski definition) is 8. The largest absolute Gasteiger partial charge is 0.504 e. The van der Waals surface area contributed by atoms with Gasteiger partial charge in [-0.15, -0.1) is 23.2 Å². The van der Waals surface area contributed by atoms with Crippen molar-refractivity contribution in [1.82, 2.24) is 14.9 Å². The molecule has 0 radical (unpaired) electrons. The number of fused-ring (bicyclic) bond motifs is 4. The van der Waals surface area contributed by atoms with Crippen LogP contribution in [-0.2, 0) is 25.4 Å². The number of allylic oxidation sites excluding steroid dienone is 2. The van der Waals surface area contributed by atoms with E-state index in [4.69, 9.17) is 39.5 Å². The SMILES string of the molecule is COc1cc(C2C3=CCC4C(=O)N(N(C)c5nc(C(F)(F)F)ccc5Cl)C(=O)C4C3CC3(Cl)C(=O)N(CBr)C(=O)C23Cl)ccc1O. The molecule has 4 amide bonds. The number of phenolic OH excluding ortho intramolecular Hbond substituents is 1. The van der Waals surface area contributed by atoms with Crippen molar-refractivity contribution in [3.05, 3.63) is 58.3 Å². The van der Waals surface area contributed by atoms with Crippen LogP contribution in [0.1, 0.15) is 30.0 Å². The molecule has 0 bridgehead atoms. The van der Waals surface area contributed by atoms with Crippen molar-refractivity contribution in [2.45, 2.75) is 34.7 Å². The van der Waals surface area contributed by atoms with Gasteiger partial charge in [-0.1, -0.05) is 45.2 Å². The fourth-order valence-electron chi connectivity index (χ4n) is 7.19. The Balaban J connectivity index is 1.47. The molecule has 0 spiro atoms. The molecule has 46 heavy (non-hydrogen) atoms. The predicted molar refractivity (Wildman–Crippen MR) is 163 cm³/mol.